The van der Waals surface area contributed by atoms with E-state index in [1.54, 1.807) is 0 Å². The summed E-state index contributed by atoms with van der Waals surface area (Å²) in [7, 11) is 0. The van der Waals surface area contributed by atoms with Crippen molar-refractivity contribution >= 4 is 0 Å². The van der Waals surface area contributed by atoms with Crippen LogP contribution in [0.3, 0.4) is 0 Å². The molecule has 0 aromatic heterocycles. The molecular formula is C12H25NO. The smallest absolute Gasteiger partial charge is 0.0431 e. The largest absolute Gasteiger partial charge is 0.396 e. The molecule has 2 heteroatoms. The molecule has 2 N–H and O–H groups in total. The van der Waals surface area contributed by atoms with Crippen molar-refractivity contribution in [3.05, 3.63) is 0 Å². The lowest BCUT2D eigenvalue weighted by atomic mass is 9.84. The topological polar surface area (TPSA) is 32.3 Å². The van der Waals surface area contributed by atoms with E-state index in [9.17, 15) is 0 Å². The highest BCUT2D eigenvalue weighted by Crippen LogP contribution is 2.26. The van der Waals surface area contributed by atoms with Crippen LogP contribution in [0.15, 0.2) is 0 Å². The molecule has 0 aliphatic heterocycles. The third-order valence-corrected chi connectivity index (χ3v) is 3.27. The van der Waals surface area contributed by atoms with Crippen LogP contribution in [0.4, 0.5) is 0 Å². The molecule has 0 bridgehead atoms. The van der Waals surface area contributed by atoms with Gasteiger partial charge in [-0.1, -0.05) is 20.3 Å². The second-order valence-corrected chi connectivity index (χ2v) is 5.42. The summed E-state index contributed by atoms with van der Waals surface area (Å²) in [6.45, 7) is 7.16. The van der Waals surface area contributed by atoms with Crippen LogP contribution in [0.25, 0.3) is 0 Å². The Morgan fingerprint density at radius 3 is 2.57 bits per heavy atom. The zero-order valence-electron chi connectivity index (χ0n) is 9.68. The number of rotatable bonds is 7. The zero-order chi connectivity index (χ0) is 10.4. The van der Waals surface area contributed by atoms with Crippen LogP contribution in [0.5, 0.6) is 0 Å². The molecule has 0 atom stereocenters. The minimum absolute atomic E-state index is 0.325. The number of nitrogens with one attached hydrogen (secondary N) is 1. The molecule has 1 rings (SSSR count). The minimum Gasteiger partial charge on any atom is -0.396 e. The fourth-order valence-electron chi connectivity index (χ4n) is 1.96. The predicted molar refractivity (Wildman–Crippen MR) is 60.3 cm³/mol. The summed E-state index contributed by atoms with van der Waals surface area (Å²) in [6, 6.07) is 0. The quantitative estimate of drug-likeness (QED) is 0.658. The molecule has 0 aromatic carbocycles. The van der Waals surface area contributed by atoms with Crippen LogP contribution < -0.4 is 5.32 Å². The van der Waals surface area contributed by atoms with Crippen molar-refractivity contribution in [3.63, 3.8) is 0 Å². The molecule has 84 valence electrons. The summed E-state index contributed by atoms with van der Waals surface area (Å²) in [5, 5.41) is 12.3. The Morgan fingerprint density at radius 1 is 1.36 bits per heavy atom. The fourth-order valence-corrected chi connectivity index (χ4v) is 1.96. The van der Waals surface area contributed by atoms with E-state index in [2.05, 4.69) is 19.2 Å². The van der Waals surface area contributed by atoms with Gasteiger partial charge >= 0.3 is 0 Å². The lowest BCUT2D eigenvalue weighted by Crippen LogP contribution is -2.34. The predicted octanol–water partition coefficient (Wildman–Crippen LogP) is 2.17. The summed E-state index contributed by atoms with van der Waals surface area (Å²) in [4.78, 5) is 0. The maximum atomic E-state index is 8.77. The van der Waals surface area contributed by atoms with Gasteiger partial charge < -0.3 is 10.4 Å². The van der Waals surface area contributed by atoms with Crippen molar-refractivity contribution in [2.24, 2.45) is 11.3 Å². The standard InChI is InChI=1S/C12H25NO/c1-12(2,7-4-8-14)10-13-9-11-5-3-6-11/h11,13-14H,3-10H2,1-2H3. The summed E-state index contributed by atoms with van der Waals surface area (Å²) in [5.41, 5.74) is 0.340. The lowest BCUT2D eigenvalue weighted by molar-refractivity contribution is 0.226. The van der Waals surface area contributed by atoms with E-state index < -0.39 is 0 Å². The zero-order valence-corrected chi connectivity index (χ0v) is 9.68. The van der Waals surface area contributed by atoms with Gasteiger partial charge in [0.1, 0.15) is 0 Å². The van der Waals surface area contributed by atoms with Gasteiger partial charge in [-0.25, -0.2) is 0 Å². The molecule has 0 radical (unpaired) electrons. The van der Waals surface area contributed by atoms with Crippen molar-refractivity contribution < 1.29 is 5.11 Å². The van der Waals surface area contributed by atoms with Crippen LogP contribution in [0, 0.1) is 11.3 Å². The number of hydrogen-bond donors (Lipinski definition) is 2. The van der Waals surface area contributed by atoms with E-state index in [0.717, 1.165) is 25.3 Å². The Hall–Kier alpha value is -0.0800. The monoisotopic (exact) mass is 199 g/mol. The molecule has 0 saturated heterocycles. The lowest BCUT2D eigenvalue weighted by Gasteiger charge is -2.29. The van der Waals surface area contributed by atoms with Gasteiger partial charge in [0.2, 0.25) is 0 Å². The third-order valence-electron chi connectivity index (χ3n) is 3.27. The van der Waals surface area contributed by atoms with E-state index >= 15 is 0 Å². The van der Waals surface area contributed by atoms with E-state index in [1.165, 1.54) is 25.8 Å². The average Bonchev–Trinajstić information content (AvgIpc) is 2.06. The van der Waals surface area contributed by atoms with Crippen molar-refractivity contribution in [3.8, 4) is 0 Å². The number of aliphatic hydroxyl groups excluding tert-OH is 1. The Morgan fingerprint density at radius 2 is 2.07 bits per heavy atom. The van der Waals surface area contributed by atoms with Gasteiger partial charge in [0.15, 0.2) is 0 Å². The Bertz CT molecular complexity index is 152. The molecule has 0 heterocycles. The van der Waals surface area contributed by atoms with E-state index in [1.807, 2.05) is 0 Å². The van der Waals surface area contributed by atoms with Gasteiger partial charge in [-0.2, -0.15) is 0 Å². The third kappa shape index (κ3) is 4.43. The van der Waals surface area contributed by atoms with Crippen LogP contribution in [0.2, 0.25) is 0 Å². The molecule has 14 heavy (non-hydrogen) atoms. The van der Waals surface area contributed by atoms with Crippen LogP contribution >= 0.6 is 0 Å². The van der Waals surface area contributed by atoms with Gasteiger partial charge in [-0.05, 0) is 43.6 Å². The van der Waals surface area contributed by atoms with Gasteiger partial charge in [-0.3, -0.25) is 0 Å². The first-order valence-electron chi connectivity index (χ1n) is 5.96. The second-order valence-electron chi connectivity index (χ2n) is 5.42. The van der Waals surface area contributed by atoms with Gasteiger partial charge in [0.05, 0.1) is 0 Å². The normalized spacial score (nSPS) is 18.2. The Kier molecular flexibility index (Phi) is 4.90. The SMILES string of the molecule is CC(C)(CCCO)CNCC1CCC1. The first kappa shape index (κ1) is 12.0. The van der Waals surface area contributed by atoms with Gasteiger partial charge in [-0.15, -0.1) is 0 Å². The molecule has 0 aromatic rings. The molecule has 1 fully saturated rings. The highest BCUT2D eigenvalue weighted by Gasteiger charge is 2.20. The summed E-state index contributed by atoms with van der Waals surface area (Å²) in [6.07, 6.45) is 6.31. The highest BCUT2D eigenvalue weighted by atomic mass is 16.2. The molecular weight excluding hydrogens is 174 g/mol. The fraction of sp³-hybridized carbons (Fsp3) is 1.00. The molecule has 0 amide bonds. The number of aliphatic hydroxyl groups is 1. The van der Waals surface area contributed by atoms with Gasteiger partial charge in [0.25, 0.3) is 0 Å². The molecule has 1 saturated carbocycles. The first-order chi connectivity index (χ1) is 6.64. The molecule has 1 aliphatic rings. The summed E-state index contributed by atoms with van der Waals surface area (Å²) in [5.74, 6) is 0.948. The average molecular weight is 199 g/mol. The Balaban J connectivity index is 2.02. The Labute approximate surface area is 88.1 Å². The second kappa shape index (κ2) is 5.72. The minimum atomic E-state index is 0.325. The summed E-state index contributed by atoms with van der Waals surface area (Å²) >= 11 is 0. The van der Waals surface area contributed by atoms with Gasteiger partial charge in [0, 0.05) is 13.2 Å². The van der Waals surface area contributed by atoms with Crippen molar-refractivity contribution in [1.29, 1.82) is 0 Å². The number of hydrogen-bond acceptors (Lipinski definition) is 2. The van der Waals surface area contributed by atoms with Crippen LogP contribution in [-0.2, 0) is 0 Å². The van der Waals surface area contributed by atoms with E-state index in [0.29, 0.717) is 12.0 Å². The maximum absolute atomic E-state index is 8.77. The molecule has 2 nitrogen and oxygen atoms in total. The molecule has 0 spiro atoms. The summed E-state index contributed by atoms with van der Waals surface area (Å²) < 4.78 is 0. The van der Waals surface area contributed by atoms with E-state index in [-0.39, 0.29) is 0 Å². The first-order valence-corrected chi connectivity index (χ1v) is 5.96. The van der Waals surface area contributed by atoms with Crippen molar-refractivity contribution in [2.75, 3.05) is 19.7 Å². The highest BCUT2D eigenvalue weighted by molar-refractivity contribution is 4.75. The molecule has 1 aliphatic carbocycles. The van der Waals surface area contributed by atoms with Crippen LogP contribution in [-0.4, -0.2) is 24.8 Å². The maximum Gasteiger partial charge on any atom is 0.0431 e. The van der Waals surface area contributed by atoms with Crippen molar-refractivity contribution in [1.82, 2.24) is 5.32 Å². The molecule has 0 unspecified atom stereocenters. The van der Waals surface area contributed by atoms with Crippen LogP contribution in [0.1, 0.15) is 46.0 Å². The van der Waals surface area contributed by atoms with E-state index in [4.69, 9.17) is 5.11 Å². The van der Waals surface area contributed by atoms with Crippen molar-refractivity contribution in [2.45, 2.75) is 46.0 Å².